The summed E-state index contributed by atoms with van der Waals surface area (Å²) >= 11 is 0. The van der Waals surface area contributed by atoms with Gasteiger partial charge in [-0.25, -0.2) is 0 Å². The molecule has 12 nitrogen and oxygen atoms in total. The van der Waals surface area contributed by atoms with E-state index in [-0.39, 0.29) is 55.0 Å². The van der Waals surface area contributed by atoms with Gasteiger partial charge in [0.1, 0.15) is 0 Å². The Morgan fingerprint density at radius 1 is 0.239 bits per heavy atom. The smallest absolute Gasteiger partial charge is 0.801 e. The van der Waals surface area contributed by atoms with Crippen molar-refractivity contribution < 1.29 is 77.8 Å². The fourth-order valence-electron chi connectivity index (χ4n) is 5.97. The predicted octanol–water partition coefficient (Wildman–Crippen LogP) is 13.1. The fourth-order valence-corrected chi connectivity index (χ4v) is 8.61. The second-order valence-corrected chi connectivity index (χ2v) is 28.2. The van der Waals surface area contributed by atoms with Gasteiger partial charge in [-0.2, -0.15) is 0 Å². The third kappa shape index (κ3) is 76.9. The molecule has 0 saturated carbocycles. The van der Waals surface area contributed by atoms with Crippen LogP contribution in [0.25, 0.3) is 0 Å². The first-order valence-electron chi connectivity index (χ1n) is 26.3. The maximum Gasteiger partial charge on any atom is 6.00 e. The molecule has 12 unspecified atom stereocenters. The van der Waals surface area contributed by atoms with Gasteiger partial charge >= 0.3 is 21.1 Å². The Morgan fingerprint density at radius 3 is 0.418 bits per heavy atom. The fraction of sp³-hybridized carbons (Fsp3) is 1.00. The van der Waals surface area contributed by atoms with Crippen LogP contribution in [0.15, 0.2) is 0 Å². The Hall–Kier alpha value is 1.83. The summed E-state index contributed by atoms with van der Waals surface area (Å²) in [5, 5.41) is 0. The summed E-state index contributed by atoms with van der Waals surface area (Å²) in [6.07, 6.45) is 33.2. The summed E-state index contributed by atoms with van der Waals surface area (Å²) in [6.45, 7) is 23.7. The molecule has 0 spiro atoms. The van der Waals surface area contributed by atoms with E-state index in [0.29, 0.717) is 0 Å². The molecule has 0 aliphatic heterocycles. The van der Waals surface area contributed by atoms with Gasteiger partial charge in [-0.3, -0.25) is 0 Å². The van der Waals surface area contributed by atoms with Gasteiger partial charge in [0.2, 0.25) is 0 Å². The molecule has 0 fully saturated rings. The van der Waals surface area contributed by atoms with Crippen LogP contribution < -0.4 is 29.4 Å². The van der Waals surface area contributed by atoms with Crippen LogP contribution in [0.4, 0.5) is 0 Å². The Labute approximate surface area is 433 Å². The van der Waals surface area contributed by atoms with Gasteiger partial charge in [-0.15, -0.1) is 0 Å². The first-order chi connectivity index (χ1) is 31.1. The Morgan fingerprint density at radius 2 is 0.343 bits per heavy atom. The minimum atomic E-state index is -2.50. The molecule has 0 aromatic rings. The van der Waals surface area contributed by atoms with Crippen molar-refractivity contribution in [2.45, 2.75) is 310 Å². The molecular weight excluding hydrogens is 1050 g/mol. The summed E-state index contributed by atoms with van der Waals surface area (Å²) in [5.74, 6) is 0. The van der Waals surface area contributed by atoms with Gasteiger partial charge in [-0.05, 0) is 72.5 Å². The largest absolute Gasteiger partial charge is 6.00 e. The van der Waals surface area contributed by atoms with Crippen molar-refractivity contribution in [3.63, 3.8) is 0 Å². The Balaban J connectivity index is -0.000000129. The molecule has 408 valence electrons. The first kappa shape index (κ1) is 82.8. The van der Waals surface area contributed by atoms with Crippen LogP contribution >= 0.6 is 48.2 Å². The molecule has 0 radical (unpaired) electrons. The Bertz CT molecular complexity index is 913. The van der Waals surface area contributed by atoms with Crippen LogP contribution in [0, 0.1) is 0 Å². The molecule has 0 amide bonds. The normalized spacial score (nSPS) is 16.0. The SMILES string of the molecule is CCCCCCC(C)[PH](=O)[O-].CCCCCCC(C)[PH](=O)[O-].CCCCCCC(C)[PH](=O)[O-].CCCCCCC(C)[PH](=O)[O-].CCCCCCC(C)[PH](=O)[O-].CCCCCCC(C)[PH](=O)[O-].[Mo+6]. The zero-order chi connectivity index (χ0) is 52.1. The summed E-state index contributed by atoms with van der Waals surface area (Å²) in [4.78, 5) is 62.6. The van der Waals surface area contributed by atoms with Crippen molar-refractivity contribution in [1.29, 1.82) is 0 Å². The van der Waals surface area contributed by atoms with E-state index in [1.807, 2.05) is 0 Å². The maximum atomic E-state index is 10.4. The van der Waals surface area contributed by atoms with Gasteiger partial charge in [0.05, 0.1) is 0 Å². The van der Waals surface area contributed by atoms with E-state index in [1.54, 1.807) is 41.5 Å². The third-order valence-corrected chi connectivity index (χ3v) is 17.9. The zero-order valence-corrected chi connectivity index (χ0v) is 53.0. The summed E-state index contributed by atoms with van der Waals surface area (Å²) in [5.41, 5.74) is -0.517. The van der Waals surface area contributed by atoms with Crippen molar-refractivity contribution in [1.82, 2.24) is 0 Å². The van der Waals surface area contributed by atoms with Crippen LogP contribution in [0.3, 0.4) is 0 Å². The number of rotatable bonds is 36. The van der Waals surface area contributed by atoms with E-state index in [4.69, 9.17) is 0 Å². The van der Waals surface area contributed by atoms with E-state index < -0.39 is 48.2 Å². The molecule has 0 aromatic carbocycles. The quantitative estimate of drug-likeness (QED) is 0.0323. The van der Waals surface area contributed by atoms with Crippen LogP contribution in [-0.4, -0.2) is 34.0 Å². The van der Waals surface area contributed by atoms with E-state index >= 15 is 0 Å². The molecule has 19 heteroatoms. The molecule has 0 bridgehead atoms. The van der Waals surface area contributed by atoms with Gasteiger partial charge < -0.3 is 56.8 Å². The van der Waals surface area contributed by atoms with Gasteiger partial charge in [0, 0.05) is 48.2 Å². The molecule has 0 rings (SSSR count). The standard InChI is InChI=1S/6C8H19O2P.Mo/c6*1-3-4-5-6-7-8(2)11(9)10;/h6*8,11H,3-7H2,1-2H3,(H,9,10);/q;;;;;;+6/p-6. The molecule has 12 atom stereocenters. The van der Waals surface area contributed by atoms with Crippen molar-refractivity contribution in [2.75, 3.05) is 0 Å². The number of hydrogen-bond acceptors (Lipinski definition) is 12. The topological polar surface area (TPSA) is 241 Å². The molecular formula is C48H108MoO12P6. The van der Waals surface area contributed by atoms with Crippen LogP contribution in [0.2, 0.25) is 0 Å². The molecule has 0 aliphatic rings. The zero-order valence-electron chi connectivity index (χ0n) is 45.0. The second kappa shape index (κ2) is 65.8. The van der Waals surface area contributed by atoms with E-state index in [0.717, 1.165) is 77.0 Å². The summed E-state index contributed by atoms with van der Waals surface area (Å²) in [6, 6.07) is 0. The van der Waals surface area contributed by atoms with Crippen molar-refractivity contribution in [3.05, 3.63) is 0 Å². The first-order valence-corrected chi connectivity index (χ1v) is 34.7. The van der Waals surface area contributed by atoms with Crippen molar-refractivity contribution >= 4 is 48.2 Å². The average molecular weight is 1160 g/mol. The van der Waals surface area contributed by atoms with E-state index in [1.165, 1.54) is 116 Å². The molecule has 0 N–H and O–H groups in total. The van der Waals surface area contributed by atoms with E-state index in [2.05, 4.69) is 41.5 Å². The minimum Gasteiger partial charge on any atom is -0.801 e. The maximum absolute atomic E-state index is 10.4. The summed E-state index contributed by atoms with van der Waals surface area (Å²) < 4.78 is 62.6. The van der Waals surface area contributed by atoms with Gasteiger partial charge in [-0.1, -0.05) is 237 Å². The van der Waals surface area contributed by atoms with Gasteiger partial charge in [0.15, 0.2) is 0 Å². The monoisotopic (exact) mass is 1160 g/mol. The predicted molar refractivity (Wildman–Crippen MR) is 283 cm³/mol. The molecule has 0 saturated heterocycles. The van der Waals surface area contributed by atoms with Crippen molar-refractivity contribution in [3.8, 4) is 0 Å². The van der Waals surface area contributed by atoms with E-state index in [9.17, 15) is 56.8 Å². The number of unbranched alkanes of at least 4 members (excludes halogenated alkanes) is 18. The molecule has 0 aliphatic carbocycles. The van der Waals surface area contributed by atoms with Crippen molar-refractivity contribution in [2.24, 2.45) is 0 Å². The number of hydrogen-bond donors (Lipinski definition) is 0. The summed E-state index contributed by atoms with van der Waals surface area (Å²) in [7, 11) is -15.0. The molecule has 0 aromatic heterocycles. The molecule has 0 heterocycles. The minimum absolute atomic E-state index is 0. The van der Waals surface area contributed by atoms with Crippen LogP contribution in [0.1, 0.15) is 276 Å². The molecule has 67 heavy (non-hydrogen) atoms. The van der Waals surface area contributed by atoms with Crippen LogP contribution in [-0.2, 0) is 48.5 Å². The van der Waals surface area contributed by atoms with Crippen LogP contribution in [0.5, 0.6) is 0 Å². The average Bonchev–Trinajstić information content (AvgIpc) is 3.27. The Kier molecular flexibility index (Phi) is 81.4. The third-order valence-electron chi connectivity index (χ3n) is 11.4. The van der Waals surface area contributed by atoms with Gasteiger partial charge in [0.25, 0.3) is 0 Å². The second-order valence-electron chi connectivity index (χ2n) is 18.4.